The SMILES string of the molecule is Cc1cccc(N)c1NC(=O)CS(=O)CC1CCCO1. The summed E-state index contributed by atoms with van der Waals surface area (Å²) in [7, 11) is -1.20. The first-order valence-corrected chi connectivity index (χ1v) is 8.16. The van der Waals surface area contributed by atoms with Gasteiger partial charge in [-0.15, -0.1) is 0 Å². The van der Waals surface area contributed by atoms with Gasteiger partial charge in [0.15, 0.2) is 0 Å². The van der Waals surface area contributed by atoms with Crippen LogP contribution in [0.15, 0.2) is 18.2 Å². The normalized spacial score (nSPS) is 19.8. The number of para-hydroxylation sites is 1. The van der Waals surface area contributed by atoms with Crippen LogP contribution >= 0.6 is 0 Å². The van der Waals surface area contributed by atoms with Crippen LogP contribution in [0.2, 0.25) is 0 Å². The number of carbonyl (C=O) groups excluding carboxylic acids is 1. The molecule has 1 aromatic carbocycles. The van der Waals surface area contributed by atoms with Crippen molar-refractivity contribution < 1.29 is 13.7 Å². The van der Waals surface area contributed by atoms with E-state index in [1.165, 1.54) is 0 Å². The number of anilines is 2. The van der Waals surface area contributed by atoms with Crippen molar-refractivity contribution in [3.63, 3.8) is 0 Å². The molecule has 0 bridgehead atoms. The van der Waals surface area contributed by atoms with E-state index in [-0.39, 0.29) is 17.8 Å². The molecule has 0 radical (unpaired) electrons. The Balaban J connectivity index is 1.87. The summed E-state index contributed by atoms with van der Waals surface area (Å²) in [6.45, 7) is 2.60. The Morgan fingerprint density at radius 3 is 3.00 bits per heavy atom. The number of benzene rings is 1. The molecule has 0 saturated carbocycles. The fourth-order valence-electron chi connectivity index (χ4n) is 2.22. The number of ether oxygens (including phenoxy) is 1. The van der Waals surface area contributed by atoms with Crippen LogP contribution in [0.4, 0.5) is 11.4 Å². The summed E-state index contributed by atoms with van der Waals surface area (Å²) in [5, 5.41) is 2.74. The van der Waals surface area contributed by atoms with Gasteiger partial charge < -0.3 is 15.8 Å². The molecule has 1 aliphatic rings. The maximum Gasteiger partial charge on any atom is 0.237 e. The molecule has 6 heteroatoms. The van der Waals surface area contributed by atoms with Crippen LogP contribution in [-0.2, 0) is 20.3 Å². The number of hydrogen-bond donors (Lipinski definition) is 2. The van der Waals surface area contributed by atoms with Crippen molar-refractivity contribution in [1.82, 2.24) is 0 Å². The number of nitrogens with one attached hydrogen (secondary N) is 1. The molecule has 2 rings (SSSR count). The molecular formula is C14H20N2O3S. The van der Waals surface area contributed by atoms with Crippen molar-refractivity contribution >= 4 is 28.1 Å². The minimum Gasteiger partial charge on any atom is -0.397 e. The molecule has 1 aromatic rings. The molecule has 1 saturated heterocycles. The van der Waals surface area contributed by atoms with E-state index in [2.05, 4.69) is 5.32 Å². The maximum absolute atomic E-state index is 11.9. The molecule has 20 heavy (non-hydrogen) atoms. The predicted molar refractivity (Wildman–Crippen MR) is 81.1 cm³/mol. The third-order valence-corrected chi connectivity index (χ3v) is 4.59. The van der Waals surface area contributed by atoms with Gasteiger partial charge in [0.1, 0.15) is 5.75 Å². The Labute approximate surface area is 121 Å². The topological polar surface area (TPSA) is 81.4 Å². The van der Waals surface area contributed by atoms with E-state index in [0.29, 0.717) is 17.1 Å². The average Bonchev–Trinajstić information content (AvgIpc) is 2.86. The van der Waals surface area contributed by atoms with E-state index in [9.17, 15) is 9.00 Å². The zero-order valence-electron chi connectivity index (χ0n) is 11.6. The van der Waals surface area contributed by atoms with Gasteiger partial charge in [-0.3, -0.25) is 9.00 Å². The summed E-state index contributed by atoms with van der Waals surface area (Å²) < 4.78 is 17.3. The summed E-state index contributed by atoms with van der Waals surface area (Å²) in [5.41, 5.74) is 7.83. The van der Waals surface area contributed by atoms with Gasteiger partial charge in [0.2, 0.25) is 5.91 Å². The lowest BCUT2D eigenvalue weighted by atomic mass is 10.1. The zero-order valence-corrected chi connectivity index (χ0v) is 12.4. The molecule has 2 atom stereocenters. The highest BCUT2D eigenvalue weighted by molar-refractivity contribution is 7.85. The molecule has 5 nitrogen and oxygen atoms in total. The van der Waals surface area contributed by atoms with Gasteiger partial charge in [0.05, 0.1) is 23.2 Å². The van der Waals surface area contributed by atoms with E-state index >= 15 is 0 Å². The highest BCUT2D eigenvalue weighted by Gasteiger charge is 2.20. The number of aryl methyl sites for hydroxylation is 1. The summed E-state index contributed by atoms with van der Waals surface area (Å²) in [5.74, 6) is 0.131. The Bertz CT molecular complexity index is 493. The number of carbonyl (C=O) groups is 1. The molecule has 1 heterocycles. The highest BCUT2D eigenvalue weighted by atomic mass is 32.2. The fourth-order valence-corrected chi connectivity index (χ4v) is 3.38. The van der Waals surface area contributed by atoms with Crippen molar-refractivity contribution in [2.75, 3.05) is 29.2 Å². The van der Waals surface area contributed by atoms with Gasteiger partial charge in [-0.25, -0.2) is 0 Å². The lowest BCUT2D eigenvalue weighted by Gasteiger charge is -2.12. The van der Waals surface area contributed by atoms with Crippen LogP contribution in [-0.4, -0.2) is 34.3 Å². The minimum absolute atomic E-state index is 0.0202. The van der Waals surface area contributed by atoms with Crippen LogP contribution in [0.1, 0.15) is 18.4 Å². The number of nitrogens with two attached hydrogens (primary N) is 1. The first-order valence-electron chi connectivity index (χ1n) is 6.68. The van der Waals surface area contributed by atoms with Crippen LogP contribution < -0.4 is 11.1 Å². The Morgan fingerprint density at radius 2 is 2.35 bits per heavy atom. The third kappa shape index (κ3) is 4.05. The molecule has 3 N–H and O–H groups in total. The van der Waals surface area contributed by atoms with E-state index in [1.807, 2.05) is 19.1 Å². The quantitative estimate of drug-likeness (QED) is 0.806. The lowest BCUT2D eigenvalue weighted by Crippen LogP contribution is -2.25. The third-order valence-electron chi connectivity index (χ3n) is 3.26. The van der Waals surface area contributed by atoms with E-state index in [0.717, 1.165) is 25.0 Å². The van der Waals surface area contributed by atoms with Crippen molar-refractivity contribution in [2.45, 2.75) is 25.9 Å². The molecule has 0 aliphatic carbocycles. The molecule has 1 fully saturated rings. The number of hydrogen-bond acceptors (Lipinski definition) is 4. The zero-order chi connectivity index (χ0) is 14.5. The van der Waals surface area contributed by atoms with Gasteiger partial charge in [-0.05, 0) is 31.4 Å². The number of rotatable bonds is 5. The molecule has 1 aliphatic heterocycles. The standard InChI is InChI=1S/C14H20N2O3S/c1-10-4-2-6-12(15)14(10)16-13(17)9-20(18)8-11-5-3-7-19-11/h2,4,6,11H,3,5,7-9,15H2,1H3,(H,16,17). The molecule has 0 spiro atoms. The van der Waals surface area contributed by atoms with Gasteiger partial charge in [0, 0.05) is 17.4 Å². The van der Waals surface area contributed by atoms with Crippen LogP contribution in [0, 0.1) is 6.92 Å². The Morgan fingerprint density at radius 1 is 1.55 bits per heavy atom. The summed E-state index contributed by atoms with van der Waals surface area (Å²) in [6, 6.07) is 5.43. The smallest absolute Gasteiger partial charge is 0.237 e. The van der Waals surface area contributed by atoms with E-state index in [4.69, 9.17) is 10.5 Å². The van der Waals surface area contributed by atoms with Gasteiger partial charge >= 0.3 is 0 Å². The summed E-state index contributed by atoms with van der Waals surface area (Å²) in [6.07, 6.45) is 1.97. The van der Waals surface area contributed by atoms with Crippen molar-refractivity contribution in [3.8, 4) is 0 Å². The van der Waals surface area contributed by atoms with Crippen molar-refractivity contribution in [2.24, 2.45) is 0 Å². The largest absolute Gasteiger partial charge is 0.397 e. The first-order chi connectivity index (χ1) is 9.56. The number of nitrogen functional groups attached to an aromatic ring is 1. The van der Waals surface area contributed by atoms with Crippen LogP contribution in [0.5, 0.6) is 0 Å². The number of amides is 1. The van der Waals surface area contributed by atoms with Gasteiger partial charge in [-0.1, -0.05) is 12.1 Å². The van der Waals surface area contributed by atoms with Crippen LogP contribution in [0.25, 0.3) is 0 Å². The van der Waals surface area contributed by atoms with Crippen molar-refractivity contribution in [1.29, 1.82) is 0 Å². The molecule has 110 valence electrons. The monoisotopic (exact) mass is 296 g/mol. The highest BCUT2D eigenvalue weighted by Crippen LogP contribution is 2.22. The Hall–Kier alpha value is -1.40. The molecule has 1 amide bonds. The fraction of sp³-hybridized carbons (Fsp3) is 0.500. The molecule has 0 aromatic heterocycles. The Kier molecular flexibility index (Phi) is 5.14. The maximum atomic E-state index is 11.9. The molecular weight excluding hydrogens is 276 g/mol. The molecule has 2 unspecified atom stereocenters. The predicted octanol–water partition coefficient (Wildman–Crippen LogP) is 1.44. The summed E-state index contributed by atoms with van der Waals surface area (Å²) in [4.78, 5) is 11.9. The second-order valence-electron chi connectivity index (χ2n) is 4.97. The van der Waals surface area contributed by atoms with E-state index < -0.39 is 10.8 Å². The lowest BCUT2D eigenvalue weighted by molar-refractivity contribution is -0.113. The minimum atomic E-state index is -1.20. The van der Waals surface area contributed by atoms with Crippen LogP contribution in [0.3, 0.4) is 0 Å². The van der Waals surface area contributed by atoms with Gasteiger partial charge in [0.25, 0.3) is 0 Å². The first kappa shape index (κ1) is 15.0. The average molecular weight is 296 g/mol. The summed E-state index contributed by atoms with van der Waals surface area (Å²) >= 11 is 0. The second-order valence-corrected chi connectivity index (χ2v) is 6.47. The van der Waals surface area contributed by atoms with Gasteiger partial charge in [-0.2, -0.15) is 0 Å². The van der Waals surface area contributed by atoms with E-state index in [1.54, 1.807) is 6.07 Å². The van der Waals surface area contributed by atoms with Crippen molar-refractivity contribution in [3.05, 3.63) is 23.8 Å². The second kappa shape index (κ2) is 6.85.